The molecular formula is C26H58N8. The van der Waals surface area contributed by atoms with Gasteiger partial charge in [0.1, 0.15) is 0 Å². The number of unbranched alkanes of at least 4 members (excludes halogenated alkanes) is 3. The average molecular weight is 483 g/mol. The van der Waals surface area contributed by atoms with Gasteiger partial charge in [0.05, 0.1) is 0 Å². The molecule has 0 radical (unpaired) electrons. The Kier molecular flexibility index (Phi) is 20.3. The number of hydrogen-bond acceptors (Lipinski definition) is 8. The summed E-state index contributed by atoms with van der Waals surface area (Å²) in [5.41, 5.74) is 0. The summed E-state index contributed by atoms with van der Waals surface area (Å²) >= 11 is 0. The van der Waals surface area contributed by atoms with Gasteiger partial charge in [-0.25, -0.2) is 0 Å². The van der Waals surface area contributed by atoms with Crippen LogP contribution in [0.25, 0.3) is 0 Å². The highest BCUT2D eigenvalue weighted by molar-refractivity contribution is 4.71. The Morgan fingerprint density at radius 2 is 1.03 bits per heavy atom. The van der Waals surface area contributed by atoms with E-state index in [0.29, 0.717) is 6.04 Å². The van der Waals surface area contributed by atoms with Crippen LogP contribution in [-0.4, -0.2) is 116 Å². The van der Waals surface area contributed by atoms with Crippen LogP contribution in [-0.2, 0) is 0 Å². The number of hydrogen-bond donors (Lipinski definition) is 7. The molecule has 1 unspecified atom stereocenters. The molecule has 7 N–H and O–H groups in total. The van der Waals surface area contributed by atoms with Crippen molar-refractivity contribution < 1.29 is 0 Å². The van der Waals surface area contributed by atoms with E-state index in [1.165, 1.54) is 77.4 Å². The highest BCUT2D eigenvalue weighted by Gasteiger charge is 2.09. The lowest BCUT2D eigenvalue weighted by atomic mass is 10.1. The standard InChI is InChI=1S/C26H58N8/c1(3-9-26-25-32-14-6-11-28-17-18-29-13-7-16-33-26)2-4-22-34-23-8-15-30-20-19-27-10-5-12-31-21-24-34/h26-33H,1-25H2. The Morgan fingerprint density at radius 3 is 1.74 bits per heavy atom. The highest BCUT2D eigenvalue weighted by atomic mass is 15.1. The Bertz CT molecular complexity index is 360. The third kappa shape index (κ3) is 18.0. The van der Waals surface area contributed by atoms with Crippen molar-refractivity contribution in [3.05, 3.63) is 0 Å². The van der Waals surface area contributed by atoms with E-state index in [2.05, 4.69) is 42.1 Å². The molecule has 0 amide bonds. The number of rotatable bonds is 7. The van der Waals surface area contributed by atoms with Crippen molar-refractivity contribution in [1.82, 2.24) is 42.1 Å². The molecule has 0 aromatic rings. The summed E-state index contributed by atoms with van der Waals surface area (Å²) < 4.78 is 0. The van der Waals surface area contributed by atoms with Crippen molar-refractivity contribution in [1.29, 1.82) is 0 Å². The molecule has 202 valence electrons. The maximum absolute atomic E-state index is 3.81. The van der Waals surface area contributed by atoms with Crippen molar-refractivity contribution in [3.8, 4) is 0 Å². The lowest BCUT2D eigenvalue weighted by Gasteiger charge is -2.23. The van der Waals surface area contributed by atoms with E-state index in [9.17, 15) is 0 Å². The first-order chi connectivity index (χ1) is 16.9. The molecule has 2 aliphatic heterocycles. The zero-order chi connectivity index (χ0) is 23.8. The van der Waals surface area contributed by atoms with Crippen LogP contribution < -0.4 is 37.2 Å². The largest absolute Gasteiger partial charge is 0.315 e. The van der Waals surface area contributed by atoms with E-state index in [0.717, 1.165) is 85.1 Å². The Morgan fingerprint density at radius 1 is 0.471 bits per heavy atom. The van der Waals surface area contributed by atoms with Gasteiger partial charge in [0, 0.05) is 51.9 Å². The lowest BCUT2D eigenvalue weighted by Crippen LogP contribution is -2.41. The second-order valence-electron chi connectivity index (χ2n) is 10.1. The van der Waals surface area contributed by atoms with E-state index in [-0.39, 0.29) is 0 Å². The van der Waals surface area contributed by atoms with Crippen LogP contribution >= 0.6 is 0 Å². The maximum Gasteiger partial charge on any atom is 0.0192 e. The summed E-state index contributed by atoms with van der Waals surface area (Å²) in [7, 11) is 0. The predicted molar refractivity (Wildman–Crippen MR) is 147 cm³/mol. The third-order valence-electron chi connectivity index (χ3n) is 6.94. The second kappa shape index (κ2) is 23.1. The monoisotopic (exact) mass is 482 g/mol. The van der Waals surface area contributed by atoms with Crippen molar-refractivity contribution in [3.63, 3.8) is 0 Å². The summed E-state index contributed by atoms with van der Waals surface area (Å²) in [6.45, 7) is 18.1. The highest BCUT2D eigenvalue weighted by Crippen LogP contribution is 2.07. The Hall–Kier alpha value is -0.320. The van der Waals surface area contributed by atoms with E-state index in [1.807, 2.05) is 0 Å². The molecule has 2 saturated heterocycles. The molecule has 0 spiro atoms. The fourth-order valence-corrected chi connectivity index (χ4v) is 4.81. The first-order valence-electron chi connectivity index (χ1n) is 14.7. The minimum Gasteiger partial charge on any atom is -0.315 e. The van der Waals surface area contributed by atoms with E-state index < -0.39 is 0 Å². The van der Waals surface area contributed by atoms with Gasteiger partial charge in [0.25, 0.3) is 0 Å². The smallest absolute Gasteiger partial charge is 0.0192 e. The van der Waals surface area contributed by atoms with E-state index >= 15 is 0 Å². The first kappa shape index (κ1) is 29.9. The first-order valence-corrected chi connectivity index (χ1v) is 14.7. The normalized spacial score (nSPS) is 25.2. The fourth-order valence-electron chi connectivity index (χ4n) is 4.81. The topological polar surface area (TPSA) is 87.5 Å². The van der Waals surface area contributed by atoms with Crippen LogP contribution in [0.4, 0.5) is 0 Å². The summed E-state index contributed by atoms with van der Waals surface area (Å²) in [5.74, 6) is 0. The number of nitrogens with zero attached hydrogens (tertiary/aromatic N) is 1. The summed E-state index contributed by atoms with van der Waals surface area (Å²) in [6.07, 6.45) is 11.6. The average Bonchev–Trinajstić information content (AvgIpc) is 2.85. The molecule has 0 aromatic carbocycles. The molecule has 8 heteroatoms. The Labute approximate surface area is 210 Å². The molecule has 2 heterocycles. The zero-order valence-electron chi connectivity index (χ0n) is 22.2. The van der Waals surface area contributed by atoms with Gasteiger partial charge in [-0.3, -0.25) is 0 Å². The molecule has 2 rings (SSSR count). The van der Waals surface area contributed by atoms with E-state index in [1.54, 1.807) is 0 Å². The molecule has 0 saturated carbocycles. The SMILES string of the molecule is C(CCCN1CCCNCCNCCCNCC1)CCC1CNCCCNCCNCCCN1. The van der Waals surface area contributed by atoms with Gasteiger partial charge in [-0.05, 0) is 97.4 Å². The fraction of sp³-hybridized carbons (Fsp3) is 1.00. The van der Waals surface area contributed by atoms with Crippen LogP contribution in [0.3, 0.4) is 0 Å². The van der Waals surface area contributed by atoms with Crippen LogP contribution in [0.1, 0.15) is 57.8 Å². The Balaban J connectivity index is 1.55. The summed E-state index contributed by atoms with van der Waals surface area (Å²) in [5, 5.41) is 25.3. The second-order valence-corrected chi connectivity index (χ2v) is 10.1. The third-order valence-corrected chi connectivity index (χ3v) is 6.94. The minimum absolute atomic E-state index is 0.619. The number of nitrogens with one attached hydrogen (secondary N) is 7. The van der Waals surface area contributed by atoms with Crippen molar-refractivity contribution in [2.24, 2.45) is 0 Å². The van der Waals surface area contributed by atoms with Crippen LogP contribution in [0, 0.1) is 0 Å². The van der Waals surface area contributed by atoms with Crippen LogP contribution in [0.15, 0.2) is 0 Å². The van der Waals surface area contributed by atoms with Gasteiger partial charge in [-0.1, -0.05) is 19.3 Å². The van der Waals surface area contributed by atoms with Crippen molar-refractivity contribution >= 4 is 0 Å². The maximum atomic E-state index is 3.81. The minimum atomic E-state index is 0.619. The quantitative estimate of drug-likeness (QED) is 0.261. The summed E-state index contributed by atoms with van der Waals surface area (Å²) in [6, 6.07) is 0.619. The van der Waals surface area contributed by atoms with Gasteiger partial charge < -0.3 is 42.1 Å². The van der Waals surface area contributed by atoms with Gasteiger partial charge >= 0.3 is 0 Å². The molecule has 0 aromatic heterocycles. The van der Waals surface area contributed by atoms with E-state index in [4.69, 9.17) is 0 Å². The molecule has 2 fully saturated rings. The molecule has 1 atom stereocenters. The van der Waals surface area contributed by atoms with Gasteiger partial charge in [0.2, 0.25) is 0 Å². The van der Waals surface area contributed by atoms with Crippen LogP contribution in [0.5, 0.6) is 0 Å². The zero-order valence-corrected chi connectivity index (χ0v) is 22.2. The lowest BCUT2D eigenvalue weighted by molar-refractivity contribution is 0.261. The molecule has 2 aliphatic rings. The van der Waals surface area contributed by atoms with Crippen LogP contribution in [0.2, 0.25) is 0 Å². The molecule has 0 aliphatic carbocycles. The van der Waals surface area contributed by atoms with Gasteiger partial charge in [0.15, 0.2) is 0 Å². The molecular weight excluding hydrogens is 424 g/mol. The molecule has 34 heavy (non-hydrogen) atoms. The van der Waals surface area contributed by atoms with Crippen molar-refractivity contribution in [2.75, 3.05) is 105 Å². The van der Waals surface area contributed by atoms with Crippen molar-refractivity contribution in [2.45, 2.75) is 63.8 Å². The van der Waals surface area contributed by atoms with Gasteiger partial charge in [-0.15, -0.1) is 0 Å². The molecule has 0 bridgehead atoms. The predicted octanol–water partition coefficient (Wildman–Crippen LogP) is 0.322. The van der Waals surface area contributed by atoms with Gasteiger partial charge in [-0.2, -0.15) is 0 Å². The molecule has 8 nitrogen and oxygen atoms in total. The summed E-state index contributed by atoms with van der Waals surface area (Å²) in [4.78, 5) is 2.69.